The molecular weight excluding hydrogens is 526 g/mol. The first kappa shape index (κ1) is 22.6. The van der Waals surface area contributed by atoms with Gasteiger partial charge in [-0.15, -0.1) is 0 Å². The summed E-state index contributed by atoms with van der Waals surface area (Å²) >= 11 is 3.31. The lowest BCUT2D eigenvalue weighted by Gasteiger charge is -2.27. The molecule has 1 saturated heterocycles. The fourth-order valence-electron chi connectivity index (χ4n) is 5.27. The van der Waals surface area contributed by atoms with Crippen LogP contribution in [-0.4, -0.2) is 54.1 Å². The van der Waals surface area contributed by atoms with Gasteiger partial charge in [0.15, 0.2) is 5.78 Å². The third-order valence-corrected chi connectivity index (χ3v) is 7.47. The highest BCUT2D eigenvalue weighted by Crippen LogP contribution is 2.48. The minimum absolute atomic E-state index is 0.0159. The zero-order valence-electron chi connectivity index (χ0n) is 19.3. The van der Waals surface area contributed by atoms with Gasteiger partial charge in [0, 0.05) is 17.0 Å². The van der Waals surface area contributed by atoms with Gasteiger partial charge >= 0.3 is 0 Å². The number of carbonyl (C=O) groups excluding carboxylic acids is 3. The van der Waals surface area contributed by atoms with E-state index >= 15 is 0 Å². The quantitative estimate of drug-likeness (QED) is 0.289. The zero-order valence-corrected chi connectivity index (χ0v) is 20.9. The number of anilines is 2. The molecule has 4 heterocycles. The molecule has 2 aliphatic rings. The highest BCUT2D eigenvalue weighted by molar-refractivity contribution is 9.10. The number of fused-ring (bicyclic) bond motifs is 4. The molecule has 1 saturated carbocycles. The SMILES string of the molecule is CC(=O)c1ccc2c(c1)c1c(N)ncnc1n2CC(=O)N1[C@@H]2CC2C[C@H]1C(=O)Nc1cccc(Br)n1. The summed E-state index contributed by atoms with van der Waals surface area (Å²) in [5, 5.41) is 4.16. The van der Waals surface area contributed by atoms with Gasteiger partial charge in [-0.2, -0.15) is 0 Å². The molecule has 1 aliphatic heterocycles. The van der Waals surface area contributed by atoms with Crippen molar-refractivity contribution in [1.29, 1.82) is 0 Å². The minimum Gasteiger partial charge on any atom is -0.383 e. The molecule has 1 aliphatic carbocycles. The molecular formula is C25H22BrN7O3. The Labute approximate surface area is 214 Å². The van der Waals surface area contributed by atoms with Crippen LogP contribution in [0.2, 0.25) is 0 Å². The van der Waals surface area contributed by atoms with Crippen molar-refractivity contribution in [2.24, 2.45) is 5.92 Å². The summed E-state index contributed by atoms with van der Waals surface area (Å²) in [5.41, 5.74) is 7.95. The van der Waals surface area contributed by atoms with E-state index in [4.69, 9.17) is 5.73 Å². The number of nitrogen functional groups attached to an aromatic ring is 1. The second kappa shape index (κ2) is 8.37. The maximum atomic E-state index is 13.7. The molecule has 182 valence electrons. The van der Waals surface area contributed by atoms with Crippen LogP contribution >= 0.6 is 15.9 Å². The number of halogens is 1. The molecule has 4 aromatic rings. The number of carbonyl (C=O) groups is 3. The molecule has 36 heavy (non-hydrogen) atoms. The van der Waals surface area contributed by atoms with Gasteiger partial charge in [-0.1, -0.05) is 6.07 Å². The van der Waals surface area contributed by atoms with Crippen molar-refractivity contribution >= 4 is 67.1 Å². The van der Waals surface area contributed by atoms with Gasteiger partial charge in [0.05, 0.1) is 10.9 Å². The normalized spacial score (nSPS) is 20.5. The second-order valence-corrected chi connectivity index (χ2v) is 10.1. The van der Waals surface area contributed by atoms with Crippen LogP contribution in [0.3, 0.4) is 0 Å². The number of benzene rings is 1. The van der Waals surface area contributed by atoms with Crippen molar-refractivity contribution in [2.75, 3.05) is 11.1 Å². The number of rotatable bonds is 5. The molecule has 1 unspecified atom stereocenters. The number of piperidine rings is 1. The van der Waals surface area contributed by atoms with Gasteiger partial charge in [0.1, 0.15) is 40.8 Å². The van der Waals surface area contributed by atoms with Crippen molar-refractivity contribution in [3.8, 4) is 0 Å². The van der Waals surface area contributed by atoms with Gasteiger partial charge in [-0.3, -0.25) is 14.4 Å². The molecule has 0 bridgehead atoms. The van der Waals surface area contributed by atoms with Gasteiger partial charge in [-0.05, 0) is 71.9 Å². The molecule has 3 atom stereocenters. The van der Waals surface area contributed by atoms with E-state index in [0.29, 0.717) is 44.7 Å². The Kier molecular flexibility index (Phi) is 5.25. The molecule has 2 amide bonds. The zero-order chi connectivity index (χ0) is 25.1. The van der Waals surface area contributed by atoms with Crippen LogP contribution in [0.5, 0.6) is 0 Å². The molecule has 3 aromatic heterocycles. The number of hydrogen-bond acceptors (Lipinski definition) is 7. The Morgan fingerprint density at radius 3 is 2.78 bits per heavy atom. The Morgan fingerprint density at radius 2 is 2.00 bits per heavy atom. The van der Waals surface area contributed by atoms with E-state index in [9.17, 15) is 14.4 Å². The van der Waals surface area contributed by atoms with E-state index < -0.39 is 6.04 Å². The molecule has 10 nitrogen and oxygen atoms in total. The first-order valence-electron chi connectivity index (χ1n) is 11.6. The molecule has 0 radical (unpaired) electrons. The standard InChI is InChI=1S/C25H22BrN7O3/c1-12(34)13-5-6-16-15(7-13)22-23(27)28-11-29-24(22)32(16)10-21(35)33-17-8-14(17)9-18(33)25(36)31-20-4-2-3-19(26)30-20/h2-7,11,14,17-18H,8-10H2,1H3,(H2,27,28,29)(H,30,31,36)/t14?,17-,18+/m1/s1. The van der Waals surface area contributed by atoms with Crippen molar-refractivity contribution < 1.29 is 14.4 Å². The van der Waals surface area contributed by atoms with Crippen molar-refractivity contribution in [3.63, 3.8) is 0 Å². The summed E-state index contributed by atoms with van der Waals surface area (Å²) in [6.07, 6.45) is 2.88. The van der Waals surface area contributed by atoms with Crippen LogP contribution in [0.1, 0.15) is 30.1 Å². The van der Waals surface area contributed by atoms with E-state index in [1.165, 1.54) is 13.3 Å². The minimum atomic E-state index is -0.570. The molecule has 0 spiro atoms. The third-order valence-electron chi connectivity index (χ3n) is 7.03. The van der Waals surface area contributed by atoms with E-state index in [1.54, 1.807) is 45.9 Å². The summed E-state index contributed by atoms with van der Waals surface area (Å²) in [7, 11) is 0. The Balaban J connectivity index is 1.34. The fourth-order valence-corrected chi connectivity index (χ4v) is 5.61. The molecule has 1 aromatic carbocycles. The lowest BCUT2D eigenvalue weighted by atomic mass is 10.1. The number of nitrogens with two attached hydrogens (primary N) is 1. The van der Waals surface area contributed by atoms with Crippen LogP contribution in [0, 0.1) is 5.92 Å². The van der Waals surface area contributed by atoms with Crippen LogP contribution in [0.25, 0.3) is 21.9 Å². The maximum absolute atomic E-state index is 13.7. The molecule has 11 heteroatoms. The lowest BCUT2D eigenvalue weighted by Crippen LogP contribution is -2.46. The average Bonchev–Trinajstić information content (AvgIpc) is 3.39. The smallest absolute Gasteiger partial charge is 0.248 e. The van der Waals surface area contributed by atoms with Crippen LogP contribution < -0.4 is 11.1 Å². The Hall–Kier alpha value is -3.86. The number of aromatic nitrogens is 4. The number of nitrogens with zero attached hydrogens (tertiary/aromatic N) is 5. The highest BCUT2D eigenvalue weighted by Gasteiger charge is 2.56. The number of amides is 2. The van der Waals surface area contributed by atoms with Gasteiger partial charge in [0.2, 0.25) is 11.8 Å². The van der Waals surface area contributed by atoms with Crippen molar-refractivity contribution in [2.45, 2.75) is 38.4 Å². The third kappa shape index (κ3) is 3.70. The van der Waals surface area contributed by atoms with E-state index in [-0.39, 0.29) is 36.0 Å². The first-order valence-corrected chi connectivity index (χ1v) is 12.4. The predicted molar refractivity (Wildman–Crippen MR) is 137 cm³/mol. The summed E-state index contributed by atoms with van der Waals surface area (Å²) in [5.74, 6) is 0.539. The topological polar surface area (TPSA) is 136 Å². The van der Waals surface area contributed by atoms with Gasteiger partial charge in [0.25, 0.3) is 0 Å². The summed E-state index contributed by atoms with van der Waals surface area (Å²) < 4.78 is 2.40. The highest BCUT2D eigenvalue weighted by atomic mass is 79.9. The fraction of sp³-hybridized carbons (Fsp3) is 0.280. The van der Waals surface area contributed by atoms with Gasteiger partial charge < -0.3 is 20.5 Å². The second-order valence-electron chi connectivity index (χ2n) is 9.28. The average molecular weight is 548 g/mol. The first-order chi connectivity index (χ1) is 17.3. The molecule has 3 N–H and O–H groups in total. The Morgan fingerprint density at radius 1 is 1.17 bits per heavy atom. The van der Waals surface area contributed by atoms with Crippen LogP contribution in [0.4, 0.5) is 11.6 Å². The van der Waals surface area contributed by atoms with Crippen LogP contribution in [0.15, 0.2) is 47.3 Å². The number of pyridine rings is 1. The van der Waals surface area contributed by atoms with Crippen LogP contribution in [-0.2, 0) is 16.1 Å². The van der Waals surface area contributed by atoms with Gasteiger partial charge in [-0.25, -0.2) is 15.0 Å². The summed E-state index contributed by atoms with van der Waals surface area (Å²) in [6.45, 7) is 1.48. The number of likely N-dealkylation sites (tertiary alicyclic amines) is 1. The number of Topliss-reactive ketones (excluding diaryl/α,β-unsaturated/α-hetero) is 1. The lowest BCUT2D eigenvalue weighted by molar-refractivity contribution is -0.138. The van der Waals surface area contributed by atoms with Crippen molar-refractivity contribution in [3.05, 3.63) is 52.9 Å². The Bertz CT molecular complexity index is 1580. The van der Waals surface area contributed by atoms with Crippen molar-refractivity contribution in [1.82, 2.24) is 24.4 Å². The van der Waals surface area contributed by atoms with E-state index in [0.717, 1.165) is 11.9 Å². The van der Waals surface area contributed by atoms with E-state index in [2.05, 4.69) is 36.2 Å². The predicted octanol–water partition coefficient (Wildman–Crippen LogP) is 3.15. The van der Waals surface area contributed by atoms with E-state index in [1.807, 2.05) is 0 Å². The number of ketones is 1. The largest absolute Gasteiger partial charge is 0.383 e. The summed E-state index contributed by atoms with van der Waals surface area (Å²) in [4.78, 5) is 53.3. The maximum Gasteiger partial charge on any atom is 0.248 e. The molecule has 2 fully saturated rings. The number of hydrogen-bond donors (Lipinski definition) is 2. The molecule has 6 rings (SSSR count). The number of nitrogens with one attached hydrogen (secondary N) is 1. The monoisotopic (exact) mass is 547 g/mol. The summed E-state index contributed by atoms with van der Waals surface area (Å²) in [6, 6.07) is 10.0.